The number of ether oxygens (including phenoxy) is 1. The van der Waals surface area contributed by atoms with E-state index in [0.29, 0.717) is 6.54 Å². The maximum absolute atomic E-state index is 13.1. The highest BCUT2D eigenvalue weighted by molar-refractivity contribution is 14.0. The molecule has 0 saturated heterocycles. The van der Waals surface area contributed by atoms with Crippen LogP contribution in [0.15, 0.2) is 53.5 Å². The molecule has 0 radical (unpaired) electrons. The minimum absolute atomic E-state index is 0. The molecule has 2 aromatic rings. The van der Waals surface area contributed by atoms with Gasteiger partial charge in [0.15, 0.2) is 5.96 Å². The summed E-state index contributed by atoms with van der Waals surface area (Å²) >= 11 is 0. The van der Waals surface area contributed by atoms with Crippen molar-refractivity contribution in [3.8, 4) is 5.75 Å². The van der Waals surface area contributed by atoms with Crippen molar-refractivity contribution in [1.29, 1.82) is 0 Å². The monoisotopic (exact) mass is 457 g/mol. The maximum atomic E-state index is 13.1. The second-order valence-electron chi connectivity index (χ2n) is 5.41. The number of rotatable bonds is 7. The average molecular weight is 457 g/mol. The number of hydrogen-bond donors (Lipinski definition) is 2. The van der Waals surface area contributed by atoms with Crippen molar-refractivity contribution in [1.82, 2.24) is 10.6 Å². The topological polar surface area (TPSA) is 45.7 Å². The number of methoxy groups -OCH3 is 1. The lowest BCUT2D eigenvalue weighted by Crippen LogP contribution is -2.39. The Morgan fingerprint density at radius 1 is 1.00 bits per heavy atom. The van der Waals surface area contributed by atoms with Gasteiger partial charge in [-0.05, 0) is 48.2 Å². The van der Waals surface area contributed by atoms with E-state index in [2.05, 4.69) is 21.7 Å². The Hall–Kier alpha value is -1.83. The fourth-order valence-corrected chi connectivity index (χ4v) is 2.39. The molecule has 0 unspecified atom stereocenters. The first kappa shape index (κ1) is 21.2. The molecule has 0 atom stereocenters. The van der Waals surface area contributed by atoms with Gasteiger partial charge >= 0.3 is 0 Å². The number of nitrogens with one attached hydrogen (secondary N) is 2. The minimum atomic E-state index is -0.201. The molecule has 136 valence electrons. The second-order valence-corrected chi connectivity index (χ2v) is 5.41. The van der Waals surface area contributed by atoms with E-state index in [-0.39, 0.29) is 29.8 Å². The van der Waals surface area contributed by atoms with Crippen LogP contribution in [-0.4, -0.2) is 33.2 Å². The number of nitrogens with zero attached hydrogens (tertiary/aromatic N) is 1. The molecule has 0 amide bonds. The van der Waals surface area contributed by atoms with Crippen molar-refractivity contribution in [3.63, 3.8) is 0 Å². The Balaban J connectivity index is 0.00000312. The predicted molar refractivity (Wildman–Crippen MR) is 112 cm³/mol. The predicted octanol–water partition coefficient (Wildman–Crippen LogP) is 3.40. The van der Waals surface area contributed by atoms with E-state index in [0.717, 1.165) is 36.7 Å². The first-order chi connectivity index (χ1) is 11.7. The van der Waals surface area contributed by atoms with Gasteiger partial charge in [0.25, 0.3) is 0 Å². The molecular weight excluding hydrogens is 432 g/mol. The van der Waals surface area contributed by atoms with E-state index in [4.69, 9.17) is 4.74 Å². The van der Waals surface area contributed by atoms with Crippen LogP contribution >= 0.6 is 24.0 Å². The molecule has 0 spiro atoms. The van der Waals surface area contributed by atoms with Crippen molar-refractivity contribution in [2.75, 3.05) is 27.2 Å². The highest BCUT2D eigenvalue weighted by atomic mass is 127. The highest BCUT2D eigenvalue weighted by Crippen LogP contribution is 2.12. The summed E-state index contributed by atoms with van der Waals surface area (Å²) in [6, 6.07) is 14.7. The van der Waals surface area contributed by atoms with Crippen LogP contribution in [-0.2, 0) is 12.8 Å². The average Bonchev–Trinajstić information content (AvgIpc) is 2.60. The Morgan fingerprint density at radius 3 is 2.16 bits per heavy atom. The lowest BCUT2D eigenvalue weighted by atomic mass is 10.1. The van der Waals surface area contributed by atoms with Crippen LogP contribution in [0.4, 0.5) is 4.39 Å². The zero-order chi connectivity index (χ0) is 17.2. The molecule has 0 heterocycles. The summed E-state index contributed by atoms with van der Waals surface area (Å²) in [6.07, 6.45) is 1.62. The van der Waals surface area contributed by atoms with Crippen LogP contribution in [0.5, 0.6) is 5.75 Å². The van der Waals surface area contributed by atoms with E-state index in [1.807, 2.05) is 24.3 Å². The van der Waals surface area contributed by atoms with Crippen LogP contribution < -0.4 is 15.4 Å². The smallest absolute Gasteiger partial charge is 0.190 e. The maximum Gasteiger partial charge on any atom is 0.190 e. The standard InChI is InChI=1S/C19H24FN3O.HI/c1-21-19(22-11-9-15-5-3-7-17(20)13-15)23-12-10-16-6-4-8-18(14-16)24-2;/h3-8,13-14H,9-12H2,1-2H3,(H2,21,22,23);1H. The van der Waals surface area contributed by atoms with Crippen LogP contribution in [0.1, 0.15) is 11.1 Å². The van der Waals surface area contributed by atoms with Gasteiger partial charge in [-0.1, -0.05) is 24.3 Å². The van der Waals surface area contributed by atoms with Gasteiger partial charge in [-0.2, -0.15) is 0 Å². The van der Waals surface area contributed by atoms with E-state index >= 15 is 0 Å². The molecular formula is C19H25FIN3O. The van der Waals surface area contributed by atoms with Gasteiger partial charge in [-0.15, -0.1) is 24.0 Å². The van der Waals surface area contributed by atoms with Crippen molar-refractivity contribution in [2.45, 2.75) is 12.8 Å². The third kappa shape index (κ3) is 7.72. The fraction of sp³-hybridized carbons (Fsp3) is 0.316. The third-order valence-corrected chi connectivity index (χ3v) is 3.66. The number of hydrogen-bond acceptors (Lipinski definition) is 2. The third-order valence-electron chi connectivity index (χ3n) is 3.66. The van der Waals surface area contributed by atoms with Crippen molar-refractivity contribution in [2.24, 2.45) is 4.99 Å². The van der Waals surface area contributed by atoms with Crippen molar-refractivity contribution in [3.05, 3.63) is 65.5 Å². The number of aliphatic imine (C=N–C) groups is 1. The molecule has 2 rings (SSSR count). The molecule has 0 bridgehead atoms. The summed E-state index contributed by atoms with van der Waals surface area (Å²) < 4.78 is 18.4. The van der Waals surface area contributed by atoms with E-state index < -0.39 is 0 Å². The molecule has 2 N–H and O–H groups in total. The molecule has 0 aromatic heterocycles. The van der Waals surface area contributed by atoms with Gasteiger partial charge in [0.05, 0.1) is 7.11 Å². The number of guanidine groups is 1. The van der Waals surface area contributed by atoms with Crippen LogP contribution in [0.25, 0.3) is 0 Å². The first-order valence-corrected chi connectivity index (χ1v) is 8.03. The summed E-state index contributed by atoms with van der Waals surface area (Å²) in [4.78, 5) is 4.20. The summed E-state index contributed by atoms with van der Waals surface area (Å²) in [6.45, 7) is 1.47. The lowest BCUT2D eigenvalue weighted by Gasteiger charge is -2.12. The van der Waals surface area contributed by atoms with Crippen molar-refractivity contribution < 1.29 is 9.13 Å². The quantitative estimate of drug-likeness (QED) is 0.381. The van der Waals surface area contributed by atoms with Gasteiger partial charge in [0, 0.05) is 20.1 Å². The zero-order valence-corrected chi connectivity index (χ0v) is 16.9. The molecule has 0 saturated carbocycles. The molecule has 25 heavy (non-hydrogen) atoms. The van der Waals surface area contributed by atoms with Crippen molar-refractivity contribution >= 4 is 29.9 Å². The second kappa shape index (κ2) is 11.7. The van der Waals surface area contributed by atoms with Crippen LogP contribution in [0.3, 0.4) is 0 Å². The molecule has 0 fully saturated rings. The SMILES string of the molecule is CN=C(NCCc1cccc(F)c1)NCCc1cccc(OC)c1.I. The molecule has 0 aliphatic carbocycles. The Bertz CT molecular complexity index is 679. The Kier molecular flexibility index (Phi) is 9.91. The van der Waals surface area contributed by atoms with E-state index in [9.17, 15) is 4.39 Å². The van der Waals surface area contributed by atoms with Gasteiger partial charge in [-0.3, -0.25) is 4.99 Å². The van der Waals surface area contributed by atoms with Gasteiger partial charge in [0.2, 0.25) is 0 Å². The zero-order valence-electron chi connectivity index (χ0n) is 14.6. The van der Waals surface area contributed by atoms with Crippen LogP contribution in [0, 0.1) is 5.82 Å². The van der Waals surface area contributed by atoms with Gasteiger partial charge < -0.3 is 15.4 Å². The van der Waals surface area contributed by atoms with E-state index in [1.165, 1.54) is 11.6 Å². The molecule has 6 heteroatoms. The summed E-state index contributed by atoms with van der Waals surface area (Å²) in [5.74, 6) is 1.41. The summed E-state index contributed by atoms with van der Waals surface area (Å²) in [5, 5.41) is 6.51. The number of halogens is 2. The molecule has 4 nitrogen and oxygen atoms in total. The largest absolute Gasteiger partial charge is 0.497 e. The van der Waals surface area contributed by atoms with Crippen LogP contribution in [0.2, 0.25) is 0 Å². The molecule has 0 aliphatic rings. The lowest BCUT2D eigenvalue weighted by molar-refractivity contribution is 0.414. The Morgan fingerprint density at radius 2 is 1.60 bits per heavy atom. The Labute approximate surface area is 165 Å². The number of benzene rings is 2. The van der Waals surface area contributed by atoms with Gasteiger partial charge in [-0.25, -0.2) is 4.39 Å². The minimum Gasteiger partial charge on any atom is -0.497 e. The fourth-order valence-electron chi connectivity index (χ4n) is 2.39. The van der Waals surface area contributed by atoms with E-state index in [1.54, 1.807) is 26.3 Å². The molecule has 2 aromatic carbocycles. The highest BCUT2D eigenvalue weighted by Gasteiger charge is 2.00. The first-order valence-electron chi connectivity index (χ1n) is 8.03. The summed E-state index contributed by atoms with van der Waals surface area (Å²) in [7, 11) is 3.41. The normalized spacial score (nSPS) is 10.8. The molecule has 0 aliphatic heterocycles. The summed E-state index contributed by atoms with van der Waals surface area (Å²) in [5.41, 5.74) is 2.17. The van der Waals surface area contributed by atoms with Gasteiger partial charge in [0.1, 0.15) is 11.6 Å².